The van der Waals surface area contributed by atoms with E-state index >= 15 is 0 Å². The molecule has 0 aliphatic rings. The Kier molecular flexibility index (Phi) is 7.35. The average molecular weight is 312 g/mol. The molecule has 0 amide bonds. The lowest BCUT2D eigenvalue weighted by molar-refractivity contribution is 0.249. The molecule has 1 atom stereocenters. The zero-order valence-electron chi connectivity index (χ0n) is 13.5. The molecule has 0 saturated heterocycles. The van der Waals surface area contributed by atoms with Crippen molar-refractivity contribution in [2.24, 2.45) is 5.92 Å². The minimum atomic E-state index is -2.93. The smallest absolute Gasteiger partial charge is 0.148 e. The fourth-order valence-electron chi connectivity index (χ4n) is 2.18. The van der Waals surface area contributed by atoms with Crippen molar-refractivity contribution in [2.75, 3.05) is 38.7 Å². The van der Waals surface area contributed by atoms with Crippen LogP contribution >= 0.6 is 0 Å². The highest BCUT2D eigenvalue weighted by atomic mass is 32.2. The van der Waals surface area contributed by atoms with Crippen molar-refractivity contribution in [2.45, 2.75) is 19.9 Å². The largest absolute Gasteiger partial charge is 0.315 e. The normalized spacial score (nSPS) is 13.8. The van der Waals surface area contributed by atoms with Gasteiger partial charge >= 0.3 is 0 Å². The number of sulfone groups is 1. The zero-order chi connectivity index (χ0) is 15.9. The lowest BCUT2D eigenvalue weighted by Crippen LogP contribution is -2.37. The SMILES string of the molecule is CC(C)CNCC(c1ccccc1)N(C)CCS(C)(=O)=O. The number of likely N-dealkylation sites (N-methyl/N-ethyl adjacent to an activating group) is 1. The number of benzene rings is 1. The third-order valence-electron chi connectivity index (χ3n) is 3.42. The maximum atomic E-state index is 11.4. The second kappa shape index (κ2) is 8.51. The van der Waals surface area contributed by atoms with E-state index in [-0.39, 0.29) is 11.8 Å². The van der Waals surface area contributed by atoms with Crippen LogP contribution in [0.4, 0.5) is 0 Å². The first-order valence-electron chi connectivity index (χ1n) is 7.43. The molecule has 0 fully saturated rings. The van der Waals surface area contributed by atoms with Crippen molar-refractivity contribution in [1.29, 1.82) is 0 Å². The van der Waals surface area contributed by atoms with Gasteiger partial charge in [-0.15, -0.1) is 0 Å². The first-order chi connectivity index (χ1) is 9.79. The first kappa shape index (κ1) is 18.1. The molecule has 1 aromatic rings. The van der Waals surface area contributed by atoms with Crippen LogP contribution < -0.4 is 5.32 Å². The van der Waals surface area contributed by atoms with Gasteiger partial charge in [0, 0.05) is 25.4 Å². The summed E-state index contributed by atoms with van der Waals surface area (Å²) in [5.41, 5.74) is 1.21. The Balaban J connectivity index is 2.71. The van der Waals surface area contributed by atoms with Crippen LogP contribution in [-0.4, -0.2) is 52.0 Å². The monoisotopic (exact) mass is 312 g/mol. The maximum Gasteiger partial charge on any atom is 0.148 e. The number of nitrogens with one attached hydrogen (secondary N) is 1. The Labute approximate surface area is 129 Å². The van der Waals surface area contributed by atoms with Crippen LogP contribution in [0.3, 0.4) is 0 Å². The zero-order valence-corrected chi connectivity index (χ0v) is 14.4. The van der Waals surface area contributed by atoms with E-state index in [1.165, 1.54) is 11.8 Å². The van der Waals surface area contributed by atoms with E-state index in [9.17, 15) is 8.42 Å². The van der Waals surface area contributed by atoms with E-state index in [1.807, 2.05) is 25.2 Å². The van der Waals surface area contributed by atoms with Crippen molar-refractivity contribution in [3.63, 3.8) is 0 Å². The van der Waals surface area contributed by atoms with Crippen LogP contribution in [0.1, 0.15) is 25.5 Å². The molecule has 0 heterocycles. The number of nitrogens with zero attached hydrogens (tertiary/aromatic N) is 1. The molecule has 0 aliphatic heterocycles. The van der Waals surface area contributed by atoms with Gasteiger partial charge in [-0.2, -0.15) is 0 Å². The molecule has 0 aliphatic carbocycles. The van der Waals surface area contributed by atoms with Gasteiger partial charge in [0.25, 0.3) is 0 Å². The summed E-state index contributed by atoms with van der Waals surface area (Å²) in [6.07, 6.45) is 1.29. The highest BCUT2D eigenvalue weighted by molar-refractivity contribution is 7.90. The van der Waals surface area contributed by atoms with Gasteiger partial charge in [-0.1, -0.05) is 44.2 Å². The molecule has 1 unspecified atom stereocenters. The minimum Gasteiger partial charge on any atom is -0.315 e. The lowest BCUT2D eigenvalue weighted by Gasteiger charge is -2.29. The van der Waals surface area contributed by atoms with Crippen molar-refractivity contribution in [3.8, 4) is 0 Å². The van der Waals surface area contributed by atoms with Crippen LogP contribution in [0.5, 0.6) is 0 Å². The highest BCUT2D eigenvalue weighted by Gasteiger charge is 2.18. The summed E-state index contributed by atoms with van der Waals surface area (Å²) in [5, 5.41) is 3.47. The van der Waals surface area contributed by atoms with Gasteiger partial charge < -0.3 is 5.32 Å². The van der Waals surface area contributed by atoms with E-state index in [1.54, 1.807) is 0 Å². The Morgan fingerprint density at radius 1 is 1.14 bits per heavy atom. The summed E-state index contributed by atoms with van der Waals surface area (Å²) in [6, 6.07) is 10.4. The summed E-state index contributed by atoms with van der Waals surface area (Å²) in [5.74, 6) is 0.791. The van der Waals surface area contributed by atoms with Gasteiger partial charge in [0.2, 0.25) is 0 Å². The molecular weight excluding hydrogens is 284 g/mol. The van der Waals surface area contributed by atoms with Crippen molar-refractivity contribution in [3.05, 3.63) is 35.9 Å². The predicted molar refractivity (Wildman–Crippen MR) is 89.2 cm³/mol. The van der Waals surface area contributed by atoms with Crippen molar-refractivity contribution in [1.82, 2.24) is 10.2 Å². The molecule has 5 heteroatoms. The summed E-state index contributed by atoms with van der Waals surface area (Å²) in [6.45, 7) is 6.68. The molecule has 21 heavy (non-hydrogen) atoms. The average Bonchev–Trinajstić information content (AvgIpc) is 2.41. The van der Waals surface area contributed by atoms with E-state index in [4.69, 9.17) is 0 Å². The van der Waals surface area contributed by atoms with E-state index in [0.717, 1.165) is 13.1 Å². The van der Waals surface area contributed by atoms with Crippen molar-refractivity contribution >= 4 is 9.84 Å². The standard InChI is InChI=1S/C16H28N2O2S/c1-14(2)12-17-13-16(15-8-6-5-7-9-15)18(3)10-11-21(4,19)20/h5-9,14,16-17H,10-13H2,1-4H3. The first-order valence-corrected chi connectivity index (χ1v) is 9.49. The van der Waals surface area contributed by atoms with Gasteiger partial charge in [-0.3, -0.25) is 4.90 Å². The summed E-state index contributed by atoms with van der Waals surface area (Å²) in [7, 11) is -0.945. The van der Waals surface area contributed by atoms with Crippen LogP contribution in [0, 0.1) is 5.92 Å². The molecule has 4 nitrogen and oxygen atoms in total. The van der Waals surface area contributed by atoms with Crippen LogP contribution in [0.25, 0.3) is 0 Å². The summed E-state index contributed by atoms with van der Waals surface area (Å²) >= 11 is 0. The molecule has 120 valence electrons. The fourth-order valence-corrected chi connectivity index (χ4v) is 2.80. The summed E-state index contributed by atoms with van der Waals surface area (Å²) in [4.78, 5) is 2.11. The molecule has 0 bridgehead atoms. The quantitative estimate of drug-likeness (QED) is 0.757. The van der Waals surface area contributed by atoms with Crippen LogP contribution in [-0.2, 0) is 9.84 Å². The van der Waals surface area contributed by atoms with Gasteiger partial charge in [0.1, 0.15) is 9.84 Å². The van der Waals surface area contributed by atoms with Gasteiger partial charge in [-0.25, -0.2) is 8.42 Å². The molecule has 0 saturated carbocycles. The van der Waals surface area contributed by atoms with Crippen LogP contribution in [0.15, 0.2) is 30.3 Å². The third-order valence-corrected chi connectivity index (χ3v) is 4.35. The Morgan fingerprint density at radius 3 is 2.29 bits per heavy atom. The van der Waals surface area contributed by atoms with Crippen molar-refractivity contribution < 1.29 is 8.42 Å². The predicted octanol–water partition coefficient (Wildman–Crippen LogP) is 1.95. The minimum absolute atomic E-state index is 0.187. The Hall–Kier alpha value is -0.910. The lowest BCUT2D eigenvalue weighted by atomic mass is 10.1. The van der Waals surface area contributed by atoms with E-state index in [0.29, 0.717) is 12.5 Å². The Bertz CT molecular complexity index is 500. The third kappa shape index (κ3) is 7.60. The Morgan fingerprint density at radius 2 is 1.76 bits per heavy atom. The second-order valence-corrected chi connectivity index (χ2v) is 8.35. The molecular formula is C16H28N2O2S. The molecule has 0 radical (unpaired) electrons. The maximum absolute atomic E-state index is 11.4. The number of hydrogen-bond acceptors (Lipinski definition) is 4. The second-order valence-electron chi connectivity index (χ2n) is 6.09. The van der Waals surface area contributed by atoms with Gasteiger partial charge in [-0.05, 0) is 25.1 Å². The summed E-state index contributed by atoms with van der Waals surface area (Å²) < 4.78 is 22.7. The molecule has 1 rings (SSSR count). The number of hydrogen-bond donors (Lipinski definition) is 1. The molecule has 1 aromatic carbocycles. The van der Waals surface area contributed by atoms with Gasteiger partial charge in [0.05, 0.1) is 5.75 Å². The molecule has 1 N–H and O–H groups in total. The number of rotatable bonds is 9. The highest BCUT2D eigenvalue weighted by Crippen LogP contribution is 2.18. The van der Waals surface area contributed by atoms with E-state index in [2.05, 4.69) is 36.2 Å². The van der Waals surface area contributed by atoms with Crippen LogP contribution in [0.2, 0.25) is 0 Å². The molecule has 0 aromatic heterocycles. The topological polar surface area (TPSA) is 49.4 Å². The fraction of sp³-hybridized carbons (Fsp3) is 0.625. The van der Waals surface area contributed by atoms with E-state index < -0.39 is 9.84 Å². The molecule has 0 spiro atoms. The van der Waals surface area contributed by atoms with Gasteiger partial charge in [0.15, 0.2) is 0 Å².